The Balaban J connectivity index is 2.43. The van der Waals surface area contributed by atoms with Gasteiger partial charge in [0.1, 0.15) is 5.69 Å². The Morgan fingerprint density at radius 1 is 1.21 bits per heavy atom. The Kier molecular flexibility index (Phi) is 4.07. The van der Waals surface area contributed by atoms with Crippen LogP contribution in [-0.4, -0.2) is 4.92 Å². The number of halogens is 2. The number of benzene rings is 2. The van der Waals surface area contributed by atoms with Crippen molar-refractivity contribution in [3.63, 3.8) is 0 Å². The number of nitrogens with one attached hydrogen (secondary N) is 1. The zero-order valence-corrected chi connectivity index (χ0v) is 12.3. The van der Waals surface area contributed by atoms with Crippen LogP contribution in [0.5, 0.6) is 0 Å². The van der Waals surface area contributed by atoms with Gasteiger partial charge in [0.25, 0.3) is 5.69 Å². The summed E-state index contributed by atoms with van der Waals surface area (Å²) in [6, 6.07) is 10.2. The molecule has 2 rings (SSSR count). The monoisotopic (exact) mass is 340 g/mol. The van der Waals surface area contributed by atoms with Crippen LogP contribution in [0.15, 0.2) is 40.9 Å². The molecule has 1 N–H and O–H groups in total. The van der Waals surface area contributed by atoms with Crippen molar-refractivity contribution in [2.75, 3.05) is 5.32 Å². The highest BCUT2D eigenvalue weighted by Gasteiger charge is 2.14. The predicted molar refractivity (Wildman–Crippen MR) is 80.3 cm³/mol. The molecular formula is C13H10BrClN2O2. The van der Waals surface area contributed by atoms with Crippen molar-refractivity contribution >= 4 is 44.6 Å². The molecule has 0 saturated carbocycles. The highest BCUT2D eigenvalue weighted by molar-refractivity contribution is 9.10. The second kappa shape index (κ2) is 5.59. The fraction of sp³-hybridized carbons (Fsp3) is 0.0769. The van der Waals surface area contributed by atoms with Gasteiger partial charge in [-0.15, -0.1) is 0 Å². The van der Waals surface area contributed by atoms with E-state index < -0.39 is 4.92 Å². The number of anilines is 2. The molecule has 0 bridgehead atoms. The molecule has 19 heavy (non-hydrogen) atoms. The lowest BCUT2D eigenvalue weighted by atomic mass is 10.2. The van der Waals surface area contributed by atoms with Crippen molar-refractivity contribution in [3.05, 3.63) is 61.6 Å². The molecular weight excluding hydrogens is 332 g/mol. The molecule has 0 heterocycles. The molecule has 2 aromatic rings. The quantitative estimate of drug-likeness (QED) is 0.627. The predicted octanol–water partition coefficient (Wildman–Crippen LogP) is 5.06. The van der Waals surface area contributed by atoms with Gasteiger partial charge in [0.2, 0.25) is 0 Å². The molecule has 98 valence electrons. The standard InChI is InChI=1S/C13H10BrClN2O2/c1-8-2-4-10(15)7-12(8)16-11-5-3-9(14)6-13(11)17(18)19/h2-7,16H,1H3. The molecule has 0 fully saturated rings. The van der Waals surface area contributed by atoms with Gasteiger partial charge in [-0.3, -0.25) is 10.1 Å². The van der Waals surface area contributed by atoms with Crippen molar-refractivity contribution < 1.29 is 4.92 Å². The molecule has 0 aliphatic carbocycles. The normalized spacial score (nSPS) is 10.3. The van der Waals surface area contributed by atoms with E-state index in [1.54, 1.807) is 24.3 Å². The summed E-state index contributed by atoms with van der Waals surface area (Å²) >= 11 is 9.15. The summed E-state index contributed by atoms with van der Waals surface area (Å²) in [5.74, 6) is 0. The van der Waals surface area contributed by atoms with Gasteiger partial charge in [0.05, 0.1) is 4.92 Å². The van der Waals surface area contributed by atoms with E-state index in [1.807, 2.05) is 13.0 Å². The van der Waals surface area contributed by atoms with Crippen LogP contribution < -0.4 is 5.32 Å². The van der Waals surface area contributed by atoms with Gasteiger partial charge in [-0.25, -0.2) is 0 Å². The Morgan fingerprint density at radius 3 is 2.63 bits per heavy atom. The average molecular weight is 342 g/mol. The third kappa shape index (κ3) is 3.24. The summed E-state index contributed by atoms with van der Waals surface area (Å²) in [5, 5.41) is 14.7. The number of hydrogen-bond donors (Lipinski definition) is 1. The van der Waals surface area contributed by atoms with Gasteiger partial charge in [-0.1, -0.05) is 33.6 Å². The van der Waals surface area contributed by atoms with Crippen LogP contribution in [0.2, 0.25) is 5.02 Å². The number of nitro benzene ring substituents is 1. The van der Waals surface area contributed by atoms with E-state index in [9.17, 15) is 10.1 Å². The Labute approximate surface area is 123 Å². The van der Waals surface area contributed by atoms with Gasteiger partial charge in [-0.2, -0.15) is 0 Å². The molecule has 0 aliphatic heterocycles. The number of hydrogen-bond acceptors (Lipinski definition) is 3. The maximum absolute atomic E-state index is 11.0. The number of aryl methyl sites for hydroxylation is 1. The van der Waals surface area contributed by atoms with E-state index in [-0.39, 0.29) is 5.69 Å². The molecule has 0 atom stereocenters. The second-order valence-corrected chi connectivity index (χ2v) is 5.35. The van der Waals surface area contributed by atoms with E-state index in [0.717, 1.165) is 11.3 Å². The fourth-order valence-electron chi connectivity index (χ4n) is 1.64. The Hall–Kier alpha value is -1.59. The van der Waals surface area contributed by atoms with Crippen LogP contribution in [0.4, 0.5) is 17.1 Å². The summed E-state index contributed by atoms with van der Waals surface area (Å²) in [6.45, 7) is 1.91. The van der Waals surface area contributed by atoms with Crippen LogP contribution in [-0.2, 0) is 0 Å². The van der Waals surface area contributed by atoms with E-state index in [1.165, 1.54) is 6.07 Å². The molecule has 4 nitrogen and oxygen atoms in total. The van der Waals surface area contributed by atoms with Crippen LogP contribution in [0.25, 0.3) is 0 Å². The largest absolute Gasteiger partial charge is 0.350 e. The summed E-state index contributed by atoms with van der Waals surface area (Å²) < 4.78 is 0.660. The van der Waals surface area contributed by atoms with Crippen LogP contribution in [0.1, 0.15) is 5.56 Å². The lowest BCUT2D eigenvalue weighted by Crippen LogP contribution is -1.98. The van der Waals surface area contributed by atoms with E-state index in [4.69, 9.17) is 11.6 Å². The minimum absolute atomic E-state index is 0.00810. The second-order valence-electron chi connectivity index (χ2n) is 4.00. The van der Waals surface area contributed by atoms with Crippen molar-refractivity contribution in [2.24, 2.45) is 0 Å². The third-order valence-electron chi connectivity index (χ3n) is 2.63. The van der Waals surface area contributed by atoms with Crippen LogP contribution >= 0.6 is 27.5 Å². The Morgan fingerprint density at radius 2 is 1.95 bits per heavy atom. The molecule has 0 aromatic heterocycles. The first-order valence-electron chi connectivity index (χ1n) is 5.44. The molecule has 6 heteroatoms. The Bertz CT molecular complexity index is 647. The fourth-order valence-corrected chi connectivity index (χ4v) is 2.16. The molecule has 0 spiro atoms. The molecule has 0 aliphatic rings. The molecule has 2 aromatic carbocycles. The van der Waals surface area contributed by atoms with Crippen molar-refractivity contribution in [1.82, 2.24) is 0 Å². The maximum atomic E-state index is 11.0. The summed E-state index contributed by atoms with van der Waals surface area (Å²) in [6.07, 6.45) is 0. The van der Waals surface area contributed by atoms with E-state index >= 15 is 0 Å². The zero-order chi connectivity index (χ0) is 14.0. The van der Waals surface area contributed by atoms with Gasteiger partial charge in [0.15, 0.2) is 0 Å². The maximum Gasteiger partial charge on any atom is 0.293 e. The number of nitro groups is 1. The molecule has 0 amide bonds. The zero-order valence-electron chi connectivity index (χ0n) is 9.98. The van der Waals surface area contributed by atoms with E-state index in [0.29, 0.717) is 15.2 Å². The molecule has 0 radical (unpaired) electrons. The average Bonchev–Trinajstić information content (AvgIpc) is 2.35. The van der Waals surface area contributed by atoms with Gasteiger partial charge in [-0.05, 0) is 36.8 Å². The first kappa shape index (κ1) is 13.8. The highest BCUT2D eigenvalue weighted by atomic mass is 79.9. The smallest absolute Gasteiger partial charge is 0.293 e. The number of nitrogens with zero attached hydrogens (tertiary/aromatic N) is 1. The van der Waals surface area contributed by atoms with Crippen molar-refractivity contribution in [1.29, 1.82) is 0 Å². The van der Waals surface area contributed by atoms with Gasteiger partial charge < -0.3 is 5.32 Å². The lowest BCUT2D eigenvalue weighted by molar-refractivity contribution is -0.384. The minimum atomic E-state index is -0.424. The summed E-state index contributed by atoms with van der Waals surface area (Å²) in [7, 11) is 0. The topological polar surface area (TPSA) is 55.2 Å². The number of rotatable bonds is 3. The lowest BCUT2D eigenvalue weighted by Gasteiger charge is -2.10. The first-order chi connectivity index (χ1) is 8.97. The highest BCUT2D eigenvalue weighted by Crippen LogP contribution is 2.32. The van der Waals surface area contributed by atoms with Crippen LogP contribution in [0, 0.1) is 17.0 Å². The van der Waals surface area contributed by atoms with E-state index in [2.05, 4.69) is 21.2 Å². The first-order valence-corrected chi connectivity index (χ1v) is 6.61. The SMILES string of the molecule is Cc1ccc(Cl)cc1Nc1ccc(Br)cc1[N+](=O)[O-]. The van der Waals surface area contributed by atoms with Gasteiger partial charge >= 0.3 is 0 Å². The van der Waals surface area contributed by atoms with Crippen molar-refractivity contribution in [3.8, 4) is 0 Å². The van der Waals surface area contributed by atoms with Gasteiger partial charge in [0, 0.05) is 21.2 Å². The minimum Gasteiger partial charge on any atom is -0.350 e. The third-order valence-corrected chi connectivity index (χ3v) is 3.35. The van der Waals surface area contributed by atoms with Crippen molar-refractivity contribution in [2.45, 2.75) is 6.92 Å². The molecule has 0 saturated heterocycles. The summed E-state index contributed by atoms with van der Waals surface area (Å²) in [4.78, 5) is 10.6. The molecule has 0 unspecified atom stereocenters. The van der Waals surface area contributed by atoms with Crippen LogP contribution in [0.3, 0.4) is 0 Å². The summed E-state index contributed by atoms with van der Waals surface area (Å²) in [5.41, 5.74) is 2.15.